The molecule has 0 spiro atoms. The third-order valence-electron chi connectivity index (χ3n) is 7.51. The van der Waals surface area contributed by atoms with Crippen LogP contribution < -0.4 is 19.7 Å². The largest absolute Gasteiger partial charge is 0.508 e. The van der Waals surface area contributed by atoms with E-state index in [0.717, 1.165) is 25.7 Å². The number of phenolic OH excluding ortho intramolecular Hbond substituents is 1. The zero-order chi connectivity index (χ0) is 29.4. The van der Waals surface area contributed by atoms with Crippen molar-refractivity contribution < 1.29 is 32.1 Å². The Kier molecular flexibility index (Phi) is 8.60. The molecule has 2 fully saturated rings. The van der Waals surface area contributed by atoms with Gasteiger partial charge in [0.15, 0.2) is 5.82 Å². The highest BCUT2D eigenvalue weighted by Crippen LogP contribution is 2.50. The lowest BCUT2D eigenvalue weighted by Crippen LogP contribution is -2.40. The van der Waals surface area contributed by atoms with Gasteiger partial charge in [0, 0.05) is 23.2 Å². The summed E-state index contributed by atoms with van der Waals surface area (Å²) < 4.78 is 66.0. The number of nitrogens with one attached hydrogen (secondary N) is 1. The number of ether oxygens (including phenoxy) is 2. The van der Waals surface area contributed by atoms with Crippen LogP contribution in [0.15, 0.2) is 12.1 Å². The molecule has 0 amide bonds. The van der Waals surface area contributed by atoms with E-state index < -0.39 is 31.0 Å². The molecular weight excluding hydrogens is 566 g/mol. The van der Waals surface area contributed by atoms with Crippen LogP contribution in [0, 0.1) is 5.82 Å². The number of hydrogen-bond donors (Lipinski definition) is 2. The van der Waals surface area contributed by atoms with Crippen LogP contribution in [0.1, 0.15) is 51.0 Å². The van der Waals surface area contributed by atoms with Crippen LogP contribution in [0.4, 0.5) is 23.4 Å². The maximum atomic E-state index is 16.0. The van der Waals surface area contributed by atoms with Crippen molar-refractivity contribution in [1.29, 1.82) is 0 Å². The SMILES string of the molecule is CCC1CC(F)CN1.COc1nc2c3c(nc(-c4cc(O)cc(Cl)c4C4CC4)c(F)c3n1)OC[C@H](C)N2CC(F)F. The van der Waals surface area contributed by atoms with Gasteiger partial charge in [-0.25, -0.2) is 22.5 Å². The molecule has 2 aromatic heterocycles. The first kappa shape index (κ1) is 29.4. The topological polar surface area (TPSA) is 92.6 Å². The molecule has 41 heavy (non-hydrogen) atoms. The van der Waals surface area contributed by atoms with E-state index in [2.05, 4.69) is 27.2 Å². The second-order valence-corrected chi connectivity index (χ2v) is 11.0. The van der Waals surface area contributed by atoms with Crippen LogP contribution in [-0.2, 0) is 0 Å². The lowest BCUT2D eigenvalue weighted by Gasteiger charge is -2.28. The highest BCUT2D eigenvalue weighted by Gasteiger charge is 2.35. The van der Waals surface area contributed by atoms with Gasteiger partial charge in [0.2, 0.25) is 5.88 Å². The summed E-state index contributed by atoms with van der Waals surface area (Å²) in [5.74, 6) is -0.739. The summed E-state index contributed by atoms with van der Waals surface area (Å²) >= 11 is 6.40. The molecule has 222 valence electrons. The summed E-state index contributed by atoms with van der Waals surface area (Å²) in [4.78, 5) is 14.2. The first-order valence-electron chi connectivity index (χ1n) is 13.6. The Morgan fingerprint density at radius 2 is 2.00 bits per heavy atom. The molecule has 2 aliphatic heterocycles. The summed E-state index contributed by atoms with van der Waals surface area (Å²) in [6, 6.07) is 2.59. The Hall–Kier alpha value is -3.12. The summed E-state index contributed by atoms with van der Waals surface area (Å²) in [7, 11) is 1.31. The molecule has 1 saturated heterocycles. The number of methoxy groups -OCH3 is 1. The average Bonchev–Trinajstić information content (AvgIpc) is 3.70. The van der Waals surface area contributed by atoms with E-state index in [1.165, 1.54) is 24.1 Å². The predicted molar refractivity (Wildman–Crippen MR) is 148 cm³/mol. The molecule has 3 aliphatic rings. The average molecular weight is 598 g/mol. The van der Waals surface area contributed by atoms with E-state index in [1.807, 2.05) is 0 Å². The molecule has 0 bridgehead atoms. The quantitative estimate of drug-likeness (QED) is 0.333. The first-order chi connectivity index (χ1) is 19.6. The monoisotopic (exact) mass is 597 g/mol. The van der Waals surface area contributed by atoms with E-state index in [1.54, 1.807) is 6.92 Å². The molecule has 2 N–H and O–H groups in total. The second-order valence-electron chi connectivity index (χ2n) is 10.6. The van der Waals surface area contributed by atoms with E-state index in [-0.39, 0.29) is 52.6 Å². The number of aromatic nitrogens is 3. The summed E-state index contributed by atoms with van der Waals surface area (Å²) in [5.41, 5.74) is 0.753. The zero-order valence-electron chi connectivity index (χ0n) is 22.9. The van der Waals surface area contributed by atoms with Gasteiger partial charge in [-0.05, 0) is 56.2 Å². The molecule has 3 atom stereocenters. The van der Waals surface area contributed by atoms with Gasteiger partial charge >= 0.3 is 6.01 Å². The number of pyridine rings is 1. The van der Waals surface area contributed by atoms with Gasteiger partial charge in [0.1, 0.15) is 40.9 Å². The van der Waals surface area contributed by atoms with E-state index in [0.29, 0.717) is 28.7 Å². The Balaban J connectivity index is 0.000000365. The number of nitrogens with zero attached hydrogens (tertiary/aromatic N) is 4. The van der Waals surface area contributed by atoms with Gasteiger partial charge in [-0.15, -0.1) is 0 Å². The molecule has 1 aromatic carbocycles. The highest BCUT2D eigenvalue weighted by molar-refractivity contribution is 6.32. The van der Waals surface area contributed by atoms with E-state index >= 15 is 4.39 Å². The Morgan fingerprint density at radius 1 is 1.24 bits per heavy atom. The van der Waals surface area contributed by atoms with Gasteiger partial charge in [-0.1, -0.05) is 18.5 Å². The number of phenols is 1. The second kappa shape index (κ2) is 12.0. The van der Waals surface area contributed by atoms with Crippen molar-refractivity contribution >= 4 is 28.3 Å². The molecule has 4 heterocycles. The zero-order valence-corrected chi connectivity index (χ0v) is 23.7. The van der Waals surface area contributed by atoms with Crippen molar-refractivity contribution in [1.82, 2.24) is 20.3 Å². The molecule has 13 heteroatoms. The van der Waals surface area contributed by atoms with Crippen molar-refractivity contribution in [2.45, 2.75) is 70.1 Å². The van der Waals surface area contributed by atoms with Crippen LogP contribution in [0.25, 0.3) is 22.2 Å². The van der Waals surface area contributed by atoms with Gasteiger partial charge < -0.3 is 24.8 Å². The molecule has 0 radical (unpaired) electrons. The standard InChI is InChI=1S/C22H20ClF3N4O3.C6H12FN/c1-9-8-33-21-16-19(28-22(32-2)29-20(16)30(9)7-14(24)25)17(26)18(27-21)12-5-11(31)6-13(23)15(12)10-3-4-10;1-2-6-3-5(7)4-8-6/h5-6,9-10,14,31H,3-4,7-8H2,1-2H3;5-6,8H,2-4H2,1H3/t9-;/m0./s1. The van der Waals surface area contributed by atoms with Crippen molar-refractivity contribution in [2.75, 3.05) is 31.7 Å². The predicted octanol–water partition coefficient (Wildman–Crippen LogP) is 6.02. The maximum absolute atomic E-state index is 16.0. The summed E-state index contributed by atoms with van der Waals surface area (Å²) in [5, 5.41) is 13.6. The molecule has 2 unspecified atom stereocenters. The number of benzene rings is 1. The Labute approximate surface area is 240 Å². The normalized spacial score (nSPS) is 21.9. The van der Waals surface area contributed by atoms with Crippen LogP contribution in [0.5, 0.6) is 17.6 Å². The maximum Gasteiger partial charge on any atom is 0.318 e. The van der Waals surface area contributed by atoms with E-state index in [9.17, 15) is 18.3 Å². The Morgan fingerprint density at radius 3 is 2.59 bits per heavy atom. The van der Waals surface area contributed by atoms with Crippen LogP contribution >= 0.6 is 11.6 Å². The molecule has 1 saturated carbocycles. The Bertz CT molecular complexity index is 1430. The third kappa shape index (κ3) is 6.08. The van der Waals surface area contributed by atoms with Crippen molar-refractivity contribution in [3.63, 3.8) is 0 Å². The molecule has 6 rings (SSSR count). The highest BCUT2D eigenvalue weighted by atomic mass is 35.5. The lowest BCUT2D eigenvalue weighted by molar-refractivity contribution is 0.149. The van der Waals surface area contributed by atoms with Gasteiger partial charge in [0.25, 0.3) is 6.43 Å². The number of anilines is 1. The fourth-order valence-electron chi connectivity index (χ4n) is 5.27. The van der Waals surface area contributed by atoms with Crippen LogP contribution in [0.3, 0.4) is 0 Å². The smallest absolute Gasteiger partial charge is 0.318 e. The fourth-order valence-corrected chi connectivity index (χ4v) is 5.63. The number of halogens is 5. The minimum atomic E-state index is -2.65. The number of rotatable bonds is 6. The molecule has 1 aliphatic carbocycles. The summed E-state index contributed by atoms with van der Waals surface area (Å²) in [6.45, 7) is 3.74. The summed E-state index contributed by atoms with van der Waals surface area (Å²) in [6.07, 6.45) is 0.307. The minimum absolute atomic E-state index is 0.0175. The number of aromatic hydroxyl groups is 1. The van der Waals surface area contributed by atoms with Gasteiger partial charge in [-0.3, -0.25) is 0 Å². The minimum Gasteiger partial charge on any atom is -0.508 e. The third-order valence-corrected chi connectivity index (χ3v) is 7.82. The number of alkyl halides is 3. The van der Waals surface area contributed by atoms with Crippen LogP contribution in [0.2, 0.25) is 5.02 Å². The van der Waals surface area contributed by atoms with Gasteiger partial charge in [-0.2, -0.15) is 9.97 Å². The van der Waals surface area contributed by atoms with Gasteiger partial charge in [0.05, 0.1) is 19.7 Å². The van der Waals surface area contributed by atoms with Crippen LogP contribution in [-0.4, -0.2) is 71.5 Å². The molecule has 3 aromatic rings. The van der Waals surface area contributed by atoms with E-state index in [4.69, 9.17) is 21.1 Å². The lowest BCUT2D eigenvalue weighted by atomic mass is 9.98. The van der Waals surface area contributed by atoms with Crippen molar-refractivity contribution in [2.24, 2.45) is 0 Å². The number of hydrogen-bond acceptors (Lipinski definition) is 8. The van der Waals surface area contributed by atoms with Crippen molar-refractivity contribution in [3.05, 3.63) is 28.5 Å². The fraction of sp³-hybridized carbons (Fsp3) is 0.536. The van der Waals surface area contributed by atoms with Crippen molar-refractivity contribution in [3.8, 4) is 28.9 Å². The first-order valence-corrected chi connectivity index (χ1v) is 14.0. The molecular formula is C28H32ClF4N5O3. The molecule has 8 nitrogen and oxygen atoms in total.